The quantitative estimate of drug-likeness (QED) is 0.521. The molecule has 3 nitrogen and oxygen atoms in total. The molecule has 7 heteroatoms. The van der Waals surface area contributed by atoms with Crippen molar-refractivity contribution in [3.8, 4) is 11.5 Å². The van der Waals surface area contributed by atoms with E-state index in [0.717, 1.165) is 5.56 Å². The Kier molecular flexibility index (Phi) is 7.15. The molecular formula is C13H16BrF3O3. The minimum atomic E-state index is -4.29. The number of ether oxygens (including phenoxy) is 3. The van der Waals surface area contributed by atoms with Gasteiger partial charge in [-0.3, -0.25) is 0 Å². The molecule has 1 aromatic rings. The van der Waals surface area contributed by atoms with Crippen molar-refractivity contribution in [2.45, 2.75) is 17.9 Å². The standard InChI is InChI=1S/C13H16BrF3O3/c1-18-11-5-2-4-10(8-14)12(11)20-7-3-6-19-9-13(15,16)17/h2,4-5H,3,6-9H2,1H3. The number of rotatable bonds is 8. The highest BCUT2D eigenvalue weighted by Gasteiger charge is 2.27. The van der Waals surface area contributed by atoms with Gasteiger partial charge in [-0.2, -0.15) is 13.2 Å². The maximum atomic E-state index is 11.8. The zero-order valence-electron chi connectivity index (χ0n) is 11.0. The average Bonchev–Trinajstić information content (AvgIpc) is 2.41. The van der Waals surface area contributed by atoms with Crippen molar-refractivity contribution in [2.75, 3.05) is 26.9 Å². The highest BCUT2D eigenvalue weighted by Crippen LogP contribution is 2.32. The molecule has 114 valence electrons. The fourth-order valence-electron chi connectivity index (χ4n) is 1.51. The largest absolute Gasteiger partial charge is 0.493 e. The van der Waals surface area contributed by atoms with Crippen molar-refractivity contribution in [2.24, 2.45) is 0 Å². The third-order valence-corrected chi connectivity index (χ3v) is 2.97. The minimum absolute atomic E-state index is 0.00168. The molecule has 0 unspecified atom stereocenters. The molecule has 0 saturated carbocycles. The first kappa shape index (κ1) is 17.1. The summed E-state index contributed by atoms with van der Waals surface area (Å²) in [7, 11) is 1.53. The summed E-state index contributed by atoms with van der Waals surface area (Å²) < 4.78 is 50.8. The molecule has 0 aliphatic heterocycles. The lowest BCUT2D eigenvalue weighted by Crippen LogP contribution is -2.18. The van der Waals surface area contributed by atoms with Crippen LogP contribution in [0.4, 0.5) is 13.2 Å². The number of halogens is 4. The van der Waals surface area contributed by atoms with Crippen molar-refractivity contribution >= 4 is 15.9 Å². The van der Waals surface area contributed by atoms with E-state index in [1.165, 1.54) is 7.11 Å². The number of benzene rings is 1. The molecule has 0 radical (unpaired) electrons. The van der Waals surface area contributed by atoms with Gasteiger partial charge in [0.25, 0.3) is 0 Å². The van der Waals surface area contributed by atoms with Crippen molar-refractivity contribution in [3.05, 3.63) is 23.8 Å². The Labute approximate surface area is 124 Å². The lowest BCUT2D eigenvalue weighted by molar-refractivity contribution is -0.174. The minimum Gasteiger partial charge on any atom is -0.493 e. The molecule has 0 aromatic heterocycles. The molecule has 0 amide bonds. The Balaban J connectivity index is 2.38. The summed E-state index contributed by atoms with van der Waals surface area (Å²) in [5.74, 6) is 1.20. The number of para-hydroxylation sites is 1. The van der Waals surface area contributed by atoms with Gasteiger partial charge in [-0.25, -0.2) is 0 Å². The highest BCUT2D eigenvalue weighted by molar-refractivity contribution is 9.08. The van der Waals surface area contributed by atoms with E-state index >= 15 is 0 Å². The molecule has 0 aliphatic rings. The van der Waals surface area contributed by atoms with Crippen LogP contribution in [-0.4, -0.2) is 33.1 Å². The zero-order chi connectivity index (χ0) is 15.0. The number of alkyl halides is 4. The normalized spacial score (nSPS) is 11.4. The maximum absolute atomic E-state index is 11.8. The third kappa shape index (κ3) is 6.00. The Morgan fingerprint density at radius 2 is 1.95 bits per heavy atom. The topological polar surface area (TPSA) is 27.7 Å². The zero-order valence-corrected chi connectivity index (χ0v) is 12.6. The van der Waals surface area contributed by atoms with Crippen LogP contribution in [0, 0.1) is 0 Å². The van der Waals surface area contributed by atoms with E-state index in [1.807, 2.05) is 12.1 Å². The van der Waals surface area contributed by atoms with Crippen LogP contribution in [0.3, 0.4) is 0 Å². The van der Waals surface area contributed by atoms with Gasteiger partial charge in [0.1, 0.15) is 6.61 Å². The smallest absolute Gasteiger partial charge is 0.411 e. The lowest BCUT2D eigenvalue weighted by Gasteiger charge is -2.14. The van der Waals surface area contributed by atoms with Crippen LogP contribution in [0.5, 0.6) is 11.5 Å². The Hall–Kier alpha value is -0.950. The predicted octanol–water partition coefficient (Wildman–Crippen LogP) is 3.94. The van der Waals surface area contributed by atoms with E-state index in [4.69, 9.17) is 9.47 Å². The summed E-state index contributed by atoms with van der Waals surface area (Å²) in [5, 5.41) is 0.601. The number of methoxy groups -OCH3 is 1. The summed E-state index contributed by atoms with van der Waals surface area (Å²) in [5.41, 5.74) is 0.917. The Bertz CT molecular complexity index is 388. The van der Waals surface area contributed by atoms with E-state index in [9.17, 15) is 13.2 Å². The first-order valence-electron chi connectivity index (χ1n) is 5.97. The third-order valence-electron chi connectivity index (χ3n) is 2.37. The van der Waals surface area contributed by atoms with Crippen LogP contribution in [0.1, 0.15) is 12.0 Å². The fraction of sp³-hybridized carbons (Fsp3) is 0.538. The molecule has 0 saturated heterocycles. The Morgan fingerprint density at radius 3 is 2.55 bits per heavy atom. The van der Waals surface area contributed by atoms with Gasteiger partial charge in [-0.1, -0.05) is 28.1 Å². The second-order valence-corrected chi connectivity index (χ2v) is 4.51. The predicted molar refractivity (Wildman–Crippen MR) is 72.6 cm³/mol. The van der Waals surface area contributed by atoms with Crippen LogP contribution in [0.15, 0.2) is 18.2 Å². The molecule has 20 heavy (non-hydrogen) atoms. The molecule has 0 heterocycles. The highest BCUT2D eigenvalue weighted by atomic mass is 79.9. The first-order chi connectivity index (χ1) is 9.48. The van der Waals surface area contributed by atoms with Crippen LogP contribution in [0.2, 0.25) is 0 Å². The van der Waals surface area contributed by atoms with E-state index in [1.54, 1.807) is 6.07 Å². The second-order valence-electron chi connectivity index (χ2n) is 3.95. The second kappa shape index (κ2) is 8.36. The first-order valence-corrected chi connectivity index (χ1v) is 7.09. The number of hydrogen-bond acceptors (Lipinski definition) is 3. The van der Waals surface area contributed by atoms with E-state index in [-0.39, 0.29) is 13.2 Å². The van der Waals surface area contributed by atoms with Gasteiger partial charge in [-0.15, -0.1) is 0 Å². The van der Waals surface area contributed by atoms with Crippen molar-refractivity contribution in [1.82, 2.24) is 0 Å². The molecule has 1 rings (SSSR count). The van der Waals surface area contributed by atoms with Crippen molar-refractivity contribution in [1.29, 1.82) is 0 Å². The summed E-state index contributed by atoms with van der Waals surface area (Å²) in [6.07, 6.45) is -3.91. The summed E-state index contributed by atoms with van der Waals surface area (Å²) in [4.78, 5) is 0. The molecule has 0 aliphatic carbocycles. The summed E-state index contributed by atoms with van der Waals surface area (Å²) in [6, 6.07) is 5.49. The van der Waals surface area contributed by atoms with Gasteiger partial charge >= 0.3 is 6.18 Å². The lowest BCUT2D eigenvalue weighted by atomic mass is 10.2. The molecule has 0 bridgehead atoms. The Morgan fingerprint density at radius 1 is 1.20 bits per heavy atom. The van der Waals surface area contributed by atoms with Crippen LogP contribution in [-0.2, 0) is 10.1 Å². The van der Waals surface area contributed by atoms with E-state index in [0.29, 0.717) is 23.2 Å². The monoisotopic (exact) mass is 356 g/mol. The molecule has 1 aromatic carbocycles. The van der Waals surface area contributed by atoms with Crippen LogP contribution >= 0.6 is 15.9 Å². The van der Waals surface area contributed by atoms with Gasteiger partial charge < -0.3 is 14.2 Å². The number of hydrogen-bond donors (Lipinski definition) is 0. The molecule has 0 atom stereocenters. The van der Waals surface area contributed by atoms with Crippen molar-refractivity contribution in [3.63, 3.8) is 0 Å². The molecule has 0 fully saturated rings. The van der Waals surface area contributed by atoms with Gasteiger partial charge in [-0.05, 0) is 6.07 Å². The van der Waals surface area contributed by atoms with Crippen LogP contribution in [0.25, 0.3) is 0 Å². The SMILES string of the molecule is COc1cccc(CBr)c1OCCCOCC(F)(F)F. The van der Waals surface area contributed by atoms with Gasteiger partial charge in [0.2, 0.25) is 0 Å². The van der Waals surface area contributed by atoms with E-state index < -0.39 is 12.8 Å². The van der Waals surface area contributed by atoms with Gasteiger partial charge in [0.15, 0.2) is 11.5 Å². The maximum Gasteiger partial charge on any atom is 0.411 e. The fourth-order valence-corrected chi connectivity index (χ4v) is 1.96. The summed E-state index contributed by atoms with van der Waals surface area (Å²) >= 11 is 3.34. The molecular weight excluding hydrogens is 341 g/mol. The molecule has 0 spiro atoms. The van der Waals surface area contributed by atoms with E-state index in [2.05, 4.69) is 20.7 Å². The molecule has 0 N–H and O–H groups in total. The van der Waals surface area contributed by atoms with Crippen LogP contribution < -0.4 is 9.47 Å². The van der Waals surface area contributed by atoms with Crippen molar-refractivity contribution < 1.29 is 27.4 Å². The van der Waals surface area contributed by atoms with Gasteiger partial charge in [0.05, 0.1) is 20.3 Å². The summed E-state index contributed by atoms with van der Waals surface area (Å²) in [6.45, 7) is -0.967. The average molecular weight is 357 g/mol. The van der Waals surface area contributed by atoms with Gasteiger partial charge in [0, 0.05) is 17.3 Å².